The maximum Gasteiger partial charge on any atom is 0.166 e. The molecule has 4 heteroatoms. The smallest absolute Gasteiger partial charge is 0.166 e. The van der Waals surface area contributed by atoms with Gasteiger partial charge in [-0.15, -0.1) is 0 Å². The van der Waals surface area contributed by atoms with Gasteiger partial charge >= 0.3 is 0 Å². The molecule has 0 spiro atoms. The van der Waals surface area contributed by atoms with Gasteiger partial charge in [0, 0.05) is 11.5 Å². The topological polar surface area (TPSA) is 58.2 Å². The zero-order chi connectivity index (χ0) is 17.6. The van der Waals surface area contributed by atoms with Crippen LogP contribution in [0.25, 0.3) is 0 Å². The summed E-state index contributed by atoms with van der Waals surface area (Å²) in [7, 11) is 0. The van der Waals surface area contributed by atoms with Crippen LogP contribution in [0.2, 0.25) is 0 Å². The van der Waals surface area contributed by atoms with Crippen LogP contribution in [0.4, 0.5) is 0 Å². The van der Waals surface area contributed by atoms with Gasteiger partial charge in [-0.25, -0.2) is 0 Å². The molecule has 0 aliphatic carbocycles. The van der Waals surface area contributed by atoms with Crippen molar-refractivity contribution in [2.45, 2.75) is 79.8 Å². The maximum absolute atomic E-state index is 12.6. The summed E-state index contributed by atoms with van der Waals surface area (Å²) in [6, 6.07) is 0.274. The maximum atomic E-state index is 12.6. The average molecular weight is 312 g/mol. The lowest BCUT2D eigenvalue weighted by molar-refractivity contribution is -0.130. The fourth-order valence-electron chi connectivity index (χ4n) is 2.32. The predicted molar refractivity (Wildman–Crippen MR) is 93.1 cm³/mol. The van der Waals surface area contributed by atoms with Crippen LogP contribution in [0, 0.1) is 11.3 Å². The monoisotopic (exact) mass is 312 g/mol. The van der Waals surface area contributed by atoms with E-state index in [1.807, 2.05) is 34.6 Å². The summed E-state index contributed by atoms with van der Waals surface area (Å²) in [5.74, 6) is 0.589. The van der Waals surface area contributed by atoms with Crippen molar-refractivity contribution >= 4 is 11.6 Å². The largest absolute Gasteiger partial charge is 0.308 e. The predicted octanol–water partition coefficient (Wildman–Crippen LogP) is 2.95. The molecule has 0 aliphatic rings. The molecule has 130 valence electrons. The van der Waals surface area contributed by atoms with E-state index in [0.717, 1.165) is 6.42 Å². The van der Waals surface area contributed by atoms with E-state index in [2.05, 4.69) is 31.4 Å². The molecular formula is C18H36N2O2. The zero-order valence-electron chi connectivity index (χ0n) is 15.8. The molecule has 0 heterocycles. The molecular weight excluding hydrogens is 276 g/mol. The normalized spacial score (nSPS) is 17.4. The van der Waals surface area contributed by atoms with Gasteiger partial charge in [0.1, 0.15) is 0 Å². The lowest BCUT2D eigenvalue weighted by Crippen LogP contribution is -2.55. The molecule has 0 aromatic carbocycles. The van der Waals surface area contributed by atoms with E-state index >= 15 is 0 Å². The molecule has 2 N–H and O–H groups in total. The van der Waals surface area contributed by atoms with Crippen LogP contribution in [0.15, 0.2) is 0 Å². The highest BCUT2D eigenvalue weighted by Crippen LogP contribution is 2.31. The molecule has 0 bridgehead atoms. The van der Waals surface area contributed by atoms with Crippen molar-refractivity contribution in [2.24, 2.45) is 11.3 Å². The lowest BCUT2D eigenvalue weighted by atomic mass is 9.73. The van der Waals surface area contributed by atoms with Crippen molar-refractivity contribution in [3.8, 4) is 0 Å². The Kier molecular flexibility index (Phi) is 8.48. The van der Waals surface area contributed by atoms with E-state index < -0.39 is 5.54 Å². The molecule has 22 heavy (non-hydrogen) atoms. The minimum Gasteiger partial charge on any atom is -0.308 e. The molecule has 0 aromatic rings. The summed E-state index contributed by atoms with van der Waals surface area (Å²) in [5.41, 5.74) is -0.982. The highest BCUT2D eigenvalue weighted by Gasteiger charge is 2.37. The number of carbonyl (C=O) groups is 2. The van der Waals surface area contributed by atoms with Gasteiger partial charge < -0.3 is 5.32 Å². The number of Topliss-reactive ketones (excluding diaryl/α,β-unsaturated/α-hetero) is 2. The summed E-state index contributed by atoms with van der Waals surface area (Å²) < 4.78 is 0. The summed E-state index contributed by atoms with van der Waals surface area (Å²) in [6.45, 7) is 16.7. The number of hydrogen-bond acceptors (Lipinski definition) is 4. The Hall–Kier alpha value is -0.740. The van der Waals surface area contributed by atoms with Crippen LogP contribution in [0.3, 0.4) is 0 Å². The van der Waals surface area contributed by atoms with Gasteiger partial charge in [-0.05, 0) is 25.7 Å². The van der Waals surface area contributed by atoms with Gasteiger partial charge in [0.25, 0.3) is 0 Å². The van der Waals surface area contributed by atoms with Crippen LogP contribution in [-0.4, -0.2) is 36.2 Å². The van der Waals surface area contributed by atoms with Crippen molar-refractivity contribution in [1.29, 1.82) is 0 Å². The first-order valence-electron chi connectivity index (χ1n) is 8.58. The first kappa shape index (κ1) is 21.3. The van der Waals surface area contributed by atoms with Crippen molar-refractivity contribution in [3.63, 3.8) is 0 Å². The van der Waals surface area contributed by atoms with Gasteiger partial charge in [0.05, 0.1) is 18.6 Å². The van der Waals surface area contributed by atoms with E-state index in [1.165, 1.54) is 0 Å². The molecule has 2 unspecified atom stereocenters. The second-order valence-corrected chi connectivity index (χ2v) is 7.35. The third kappa shape index (κ3) is 5.47. The van der Waals surface area contributed by atoms with E-state index in [0.29, 0.717) is 13.0 Å². The third-order valence-corrected chi connectivity index (χ3v) is 5.28. The Labute approximate surface area is 136 Å². The minimum absolute atomic E-state index is 0.110. The van der Waals surface area contributed by atoms with Crippen LogP contribution in [0.5, 0.6) is 0 Å². The quantitative estimate of drug-likeness (QED) is 0.616. The van der Waals surface area contributed by atoms with E-state index in [-0.39, 0.29) is 35.5 Å². The summed E-state index contributed by atoms with van der Waals surface area (Å²) in [6.07, 6.45) is 1.49. The molecule has 0 saturated heterocycles. The van der Waals surface area contributed by atoms with Crippen LogP contribution >= 0.6 is 0 Å². The Morgan fingerprint density at radius 1 is 0.909 bits per heavy atom. The van der Waals surface area contributed by atoms with Gasteiger partial charge in [0.2, 0.25) is 0 Å². The molecule has 0 aromatic heterocycles. The highest BCUT2D eigenvalue weighted by molar-refractivity contribution is 5.91. The van der Waals surface area contributed by atoms with Gasteiger partial charge in [-0.2, -0.15) is 0 Å². The van der Waals surface area contributed by atoms with E-state index in [9.17, 15) is 9.59 Å². The van der Waals surface area contributed by atoms with Crippen molar-refractivity contribution in [2.75, 3.05) is 13.1 Å². The average Bonchev–Trinajstić information content (AvgIpc) is 2.48. The fourth-order valence-corrected chi connectivity index (χ4v) is 2.32. The van der Waals surface area contributed by atoms with Gasteiger partial charge in [0.15, 0.2) is 11.6 Å². The van der Waals surface area contributed by atoms with Crippen molar-refractivity contribution < 1.29 is 9.59 Å². The van der Waals surface area contributed by atoms with Crippen LogP contribution in [-0.2, 0) is 9.59 Å². The SMILES string of the molecule is CCC(C)(NCC(=O)C(C)(CC)C(C)C)C(=O)CNC(C)C. The fraction of sp³-hybridized carbons (Fsp3) is 0.889. The second kappa shape index (κ2) is 8.78. The van der Waals surface area contributed by atoms with Crippen molar-refractivity contribution in [3.05, 3.63) is 0 Å². The van der Waals surface area contributed by atoms with E-state index in [1.54, 1.807) is 0 Å². The lowest BCUT2D eigenvalue weighted by Gasteiger charge is -2.34. The Bertz CT molecular complexity index is 379. The summed E-state index contributed by atoms with van der Waals surface area (Å²) in [4.78, 5) is 25.0. The molecule has 0 aliphatic heterocycles. The molecule has 0 rings (SSSR count). The summed E-state index contributed by atoms with van der Waals surface area (Å²) >= 11 is 0. The number of carbonyl (C=O) groups excluding carboxylic acids is 2. The molecule has 0 radical (unpaired) electrons. The number of ketones is 2. The molecule has 2 atom stereocenters. The van der Waals surface area contributed by atoms with Crippen molar-refractivity contribution in [1.82, 2.24) is 10.6 Å². The minimum atomic E-state index is -0.650. The Morgan fingerprint density at radius 3 is 1.82 bits per heavy atom. The third-order valence-electron chi connectivity index (χ3n) is 5.28. The number of hydrogen-bond donors (Lipinski definition) is 2. The standard InChI is InChI=1S/C18H36N2O2/c1-9-17(7,13(3)4)15(21)12-20-18(8,10-2)16(22)11-19-14(5)6/h13-14,19-20H,9-12H2,1-8H3. The van der Waals surface area contributed by atoms with Gasteiger partial charge in [-0.1, -0.05) is 48.5 Å². The first-order chi connectivity index (χ1) is 10.0. The number of rotatable bonds is 11. The Morgan fingerprint density at radius 2 is 1.45 bits per heavy atom. The summed E-state index contributed by atoms with van der Waals surface area (Å²) in [5, 5.41) is 6.38. The molecule has 4 nitrogen and oxygen atoms in total. The Balaban J connectivity index is 4.81. The zero-order valence-corrected chi connectivity index (χ0v) is 15.8. The molecule has 0 saturated carbocycles. The van der Waals surface area contributed by atoms with Crippen LogP contribution in [0.1, 0.15) is 68.2 Å². The highest BCUT2D eigenvalue weighted by atomic mass is 16.1. The molecule has 0 amide bonds. The van der Waals surface area contributed by atoms with Crippen LogP contribution < -0.4 is 10.6 Å². The molecule has 0 fully saturated rings. The second-order valence-electron chi connectivity index (χ2n) is 7.35. The van der Waals surface area contributed by atoms with Gasteiger partial charge in [-0.3, -0.25) is 14.9 Å². The number of nitrogens with one attached hydrogen (secondary N) is 2. The first-order valence-corrected chi connectivity index (χ1v) is 8.58. The van der Waals surface area contributed by atoms with E-state index in [4.69, 9.17) is 0 Å².